The second-order valence-electron chi connectivity index (χ2n) is 3.52. The minimum absolute atomic E-state index is 0.431. The van der Waals surface area contributed by atoms with Gasteiger partial charge < -0.3 is 10.1 Å². The first-order chi connectivity index (χ1) is 7.77. The fraction of sp³-hybridized carbons (Fsp3) is 0.500. The van der Waals surface area contributed by atoms with Gasteiger partial charge >= 0.3 is 0 Å². The zero-order valence-corrected chi connectivity index (χ0v) is 9.79. The van der Waals surface area contributed by atoms with Crippen molar-refractivity contribution in [2.45, 2.75) is 20.3 Å². The van der Waals surface area contributed by atoms with Gasteiger partial charge in [0.2, 0.25) is 5.88 Å². The van der Waals surface area contributed by atoms with Crippen LogP contribution in [0.4, 0.5) is 0 Å². The zero-order chi connectivity index (χ0) is 11.8. The molecule has 0 saturated carbocycles. The smallest absolute Gasteiger partial charge is 0.231 e. The maximum Gasteiger partial charge on any atom is 0.231 e. The molecule has 0 radical (unpaired) electrons. The summed E-state index contributed by atoms with van der Waals surface area (Å²) in [6.07, 6.45) is 1.10. The van der Waals surface area contributed by atoms with Gasteiger partial charge in [-0.3, -0.25) is 0 Å². The first kappa shape index (κ1) is 12.5. The van der Waals surface area contributed by atoms with Crippen molar-refractivity contribution in [2.75, 3.05) is 19.7 Å². The van der Waals surface area contributed by atoms with Crippen LogP contribution < -0.4 is 10.1 Å². The number of pyridine rings is 1. The summed E-state index contributed by atoms with van der Waals surface area (Å²) < 4.78 is 5.46. The molecule has 16 heavy (non-hydrogen) atoms. The SMILES string of the molecule is CCCNCCOc1nc(C)ccc1C#N. The monoisotopic (exact) mass is 219 g/mol. The van der Waals surface area contributed by atoms with Gasteiger partial charge in [-0.25, -0.2) is 4.98 Å². The van der Waals surface area contributed by atoms with E-state index in [0.717, 1.165) is 25.2 Å². The summed E-state index contributed by atoms with van der Waals surface area (Å²) in [5.41, 5.74) is 1.34. The lowest BCUT2D eigenvalue weighted by Crippen LogP contribution is -2.22. The molecule has 0 amide bonds. The molecule has 0 aliphatic heterocycles. The molecule has 0 aliphatic rings. The largest absolute Gasteiger partial charge is 0.475 e. The van der Waals surface area contributed by atoms with Gasteiger partial charge in [0.25, 0.3) is 0 Å². The Bertz CT molecular complexity index is 371. The number of hydrogen-bond acceptors (Lipinski definition) is 4. The lowest BCUT2D eigenvalue weighted by atomic mass is 10.2. The standard InChI is InChI=1S/C12H17N3O/c1-3-6-14-7-8-16-12-11(9-13)5-4-10(2)15-12/h4-5,14H,3,6-8H2,1-2H3. The molecule has 0 atom stereocenters. The van der Waals surface area contributed by atoms with Crippen LogP contribution in [-0.4, -0.2) is 24.7 Å². The van der Waals surface area contributed by atoms with Crippen LogP contribution in [0.1, 0.15) is 24.6 Å². The molecule has 1 rings (SSSR count). The summed E-state index contributed by atoms with van der Waals surface area (Å²) >= 11 is 0. The molecule has 0 spiro atoms. The van der Waals surface area contributed by atoms with Gasteiger partial charge in [0, 0.05) is 12.2 Å². The lowest BCUT2D eigenvalue weighted by molar-refractivity contribution is 0.301. The van der Waals surface area contributed by atoms with Gasteiger partial charge in [-0.1, -0.05) is 6.92 Å². The van der Waals surface area contributed by atoms with Crippen molar-refractivity contribution in [1.29, 1.82) is 5.26 Å². The lowest BCUT2D eigenvalue weighted by Gasteiger charge is -2.07. The minimum Gasteiger partial charge on any atom is -0.475 e. The number of nitrogens with one attached hydrogen (secondary N) is 1. The number of nitriles is 1. The maximum absolute atomic E-state index is 8.86. The van der Waals surface area contributed by atoms with Crippen LogP contribution in [0, 0.1) is 18.3 Å². The van der Waals surface area contributed by atoms with Crippen LogP contribution in [0.3, 0.4) is 0 Å². The Hall–Kier alpha value is -1.60. The molecule has 86 valence electrons. The van der Waals surface area contributed by atoms with Crippen molar-refractivity contribution in [1.82, 2.24) is 10.3 Å². The first-order valence-corrected chi connectivity index (χ1v) is 5.49. The third-order valence-corrected chi connectivity index (χ3v) is 2.06. The zero-order valence-electron chi connectivity index (χ0n) is 9.79. The predicted molar refractivity (Wildman–Crippen MR) is 62.3 cm³/mol. The molecule has 0 bridgehead atoms. The summed E-state index contributed by atoms with van der Waals surface area (Å²) in [6, 6.07) is 5.61. The topological polar surface area (TPSA) is 57.9 Å². The van der Waals surface area contributed by atoms with Crippen molar-refractivity contribution in [3.05, 3.63) is 23.4 Å². The molecule has 4 heteroatoms. The highest BCUT2D eigenvalue weighted by Gasteiger charge is 2.04. The Kier molecular flexibility index (Phi) is 5.30. The first-order valence-electron chi connectivity index (χ1n) is 5.49. The molecule has 4 nitrogen and oxygen atoms in total. The number of aromatic nitrogens is 1. The highest BCUT2D eigenvalue weighted by atomic mass is 16.5. The number of ether oxygens (including phenoxy) is 1. The molecule has 0 aromatic carbocycles. The molecular weight excluding hydrogens is 202 g/mol. The summed E-state index contributed by atoms with van der Waals surface area (Å²) in [4.78, 5) is 4.19. The van der Waals surface area contributed by atoms with Crippen LogP contribution in [0.25, 0.3) is 0 Å². The molecule has 0 aliphatic carbocycles. The van der Waals surface area contributed by atoms with Crippen molar-refractivity contribution in [3.8, 4) is 11.9 Å². The molecule has 0 saturated heterocycles. The predicted octanol–water partition coefficient (Wildman–Crippen LogP) is 1.64. The van der Waals surface area contributed by atoms with E-state index in [1.165, 1.54) is 0 Å². The molecule has 0 fully saturated rings. The number of aryl methyl sites for hydroxylation is 1. The normalized spacial score (nSPS) is 9.81. The summed E-state index contributed by atoms with van der Waals surface area (Å²) in [7, 11) is 0. The summed E-state index contributed by atoms with van der Waals surface area (Å²) in [6.45, 7) is 6.28. The maximum atomic E-state index is 8.86. The Morgan fingerprint density at radius 3 is 2.94 bits per heavy atom. The molecular formula is C12H17N3O. The van der Waals surface area contributed by atoms with Gasteiger partial charge in [-0.05, 0) is 32.0 Å². The third kappa shape index (κ3) is 3.87. The highest BCUT2D eigenvalue weighted by Crippen LogP contribution is 2.14. The molecule has 1 N–H and O–H groups in total. The van der Waals surface area contributed by atoms with E-state index in [0.29, 0.717) is 18.1 Å². The minimum atomic E-state index is 0.431. The van der Waals surface area contributed by atoms with E-state index in [1.807, 2.05) is 6.92 Å². The fourth-order valence-corrected chi connectivity index (χ4v) is 1.25. The number of nitrogens with zero attached hydrogens (tertiary/aromatic N) is 2. The van der Waals surface area contributed by atoms with Crippen LogP contribution in [0.5, 0.6) is 5.88 Å². The van der Waals surface area contributed by atoms with E-state index in [1.54, 1.807) is 12.1 Å². The van der Waals surface area contributed by atoms with Crippen LogP contribution in [0.15, 0.2) is 12.1 Å². The van der Waals surface area contributed by atoms with E-state index >= 15 is 0 Å². The number of rotatable bonds is 6. The molecule has 1 aromatic heterocycles. The molecule has 1 aromatic rings. The van der Waals surface area contributed by atoms with Gasteiger partial charge in [-0.15, -0.1) is 0 Å². The fourth-order valence-electron chi connectivity index (χ4n) is 1.25. The Morgan fingerprint density at radius 2 is 2.25 bits per heavy atom. The van der Waals surface area contributed by atoms with Gasteiger partial charge in [0.05, 0.1) is 0 Å². The molecule has 0 unspecified atom stereocenters. The average Bonchev–Trinajstić information content (AvgIpc) is 2.29. The average molecular weight is 219 g/mol. The van der Waals surface area contributed by atoms with Gasteiger partial charge in [0.15, 0.2) is 0 Å². The van der Waals surface area contributed by atoms with E-state index in [9.17, 15) is 0 Å². The Balaban J connectivity index is 2.46. The van der Waals surface area contributed by atoms with Crippen LogP contribution in [-0.2, 0) is 0 Å². The van der Waals surface area contributed by atoms with Gasteiger partial charge in [0.1, 0.15) is 18.2 Å². The van der Waals surface area contributed by atoms with Crippen molar-refractivity contribution in [2.24, 2.45) is 0 Å². The van der Waals surface area contributed by atoms with Gasteiger partial charge in [-0.2, -0.15) is 5.26 Å². The van der Waals surface area contributed by atoms with Crippen LogP contribution >= 0.6 is 0 Å². The van der Waals surface area contributed by atoms with Crippen molar-refractivity contribution >= 4 is 0 Å². The summed E-state index contributed by atoms with van der Waals surface area (Å²) in [5, 5.41) is 12.1. The second-order valence-corrected chi connectivity index (χ2v) is 3.52. The van der Waals surface area contributed by atoms with Crippen LogP contribution in [0.2, 0.25) is 0 Å². The van der Waals surface area contributed by atoms with Crippen molar-refractivity contribution in [3.63, 3.8) is 0 Å². The number of hydrogen-bond donors (Lipinski definition) is 1. The van der Waals surface area contributed by atoms with E-state index in [-0.39, 0.29) is 0 Å². The second kappa shape index (κ2) is 6.81. The van der Waals surface area contributed by atoms with E-state index in [2.05, 4.69) is 23.3 Å². The quantitative estimate of drug-likeness (QED) is 0.739. The van der Waals surface area contributed by atoms with E-state index in [4.69, 9.17) is 10.00 Å². The molecule has 1 heterocycles. The Labute approximate surface area is 96.3 Å². The Morgan fingerprint density at radius 1 is 1.44 bits per heavy atom. The third-order valence-electron chi connectivity index (χ3n) is 2.06. The van der Waals surface area contributed by atoms with E-state index < -0.39 is 0 Å². The highest BCUT2D eigenvalue weighted by molar-refractivity contribution is 5.38. The van der Waals surface area contributed by atoms with Crippen molar-refractivity contribution < 1.29 is 4.74 Å². The summed E-state index contributed by atoms with van der Waals surface area (Å²) in [5.74, 6) is 0.431.